The Balaban J connectivity index is 2.34. The van der Waals surface area contributed by atoms with Gasteiger partial charge in [0, 0.05) is 5.38 Å². The molecule has 0 aliphatic heterocycles. The van der Waals surface area contributed by atoms with Gasteiger partial charge in [-0.1, -0.05) is 0 Å². The second-order valence-corrected chi connectivity index (χ2v) is 4.25. The van der Waals surface area contributed by atoms with Crippen LogP contribution in [0.2, 0.25) is 0 Å². The minimum atomic E-state index is -1.57. The van der Waals surface area contributed by atoms with Crippen LogP contribution in [0.5, 0.6) is 0 Å². The molecule has 88 valence electrons. The number of carboxylic acids is 1. The van der Waals surface area contributed by atoms with E-state index in [4.69, 9.17) is 10.2 Å². The largest absolute Gasteiger partial charge is 0.479 e. The molecule has 3 N–H and O–H groups in total. The van der Waals surface area contributed by atoms with Crippen LogP contribution >= 0.6 is 11.3 Å². The van der Waals surface area contributed by atoms with Gasteiger partial charge in [0.25, 0.3) is 0 Å². The maximum atomic E-state index is 11.3. The molecule has 0 aliphatic rings. The summed E-state index contributed by atoms with van der Waals surface area (Å²) in [5, 5.41) is 22.2. The number of thiazole rings is 1. The maximum Gasteiger partial charge on any atom is 0.334 e. The topological polar surface area (TPSA) is 99.5 Å². The number of rotatable bonds is 5. The highest BCUT2D eigenvalue weighted by atomic mass is 32.1. The number of aromatic nitrogens is 1. The van der Waals surface area contributed by atoms with Crippen molar-refractivity contribution < 1.29 is 19.8 Å². The molecule has 1 unspecified atom stereocenters. The van der Waals surface area contributed by atoms with Crippen LogP contribution in [0.3, 0.4) is 0 Å². The van der Waals surface area contributed by atoms with Gasteiger partial charge in [-0.3, -0.25) is 4.79 Å². The number of nitrogens with zero attached hydrogens (tertiary/aromatic N) is 1. The molecular formula is C9H12N2O4S. The molecule has 1 atom stereocenters. The summed E-state index contributed by atoms with van der Waals surface area (Å²) in [4.78, 5) is 25.7. The molecule has 0 spiro atoms. The van der Waals surface area contributed by atoms with Gasteiger partial charge in [0.2, 0.25) is 5.91 Å². The van der Waals surface area contributed by atoms with E-state index >= 15 is 0 Å². The van der Waals surface area contributed by atoms with Crippen molar-refractivity contribution in [2.45, 2.75) is 19.4 Å². The Hall–Kier alpha value is -1.47. The van der Waals surface area contributed by atoms with Crippen molar-refractivity contribution in [2.24, 2.45) is 0 Å². The first kappa shape index (κ1) is 12.6. The predicted molar refractivity (Wildman–Crippen MR) is 57.2 cm³/mol. The number of amides is 1. The van der Waals surface area contributed by atoms with Gasteiger partial charge in [0.05, 0.1) is 23.7 Å². The first-order valence-electron chi connectivity index (χ1n) is 4.57. The van der Waals surface area contributed by atoms with Gasteiger partial charge >= 0.3 is 5.97 Å². The number of hydrogen-bond acceptors (Lipinski definition) is 5. The Kier molecular flexibility index (Phi) is 4.39. The fourth-order valence-corrected chi connectivity index (χ4v) is 1.63. The summed E-state index contributed by atoms with van der Waals surface area (Å²) < 4.78 is 0. The second kappa shape index (κ2) is 5.57. The summed E-state index contributed by atoms with van der Waals surface area (Å²) in [7, 11) is 0. The lowest BCUT2D eigenvalue weighted by molar-refractivity contribution is -0.146. The highest BCUT2D eigenvalue weighted by molar-refractivity contribution is 7.09. The normalized spacial score (nSPS) is 12.1. The third kappa shape index (κ3) is 3.95. The zero-order chi connectivity index (χ0) is 12.1. The predicted octanol–water partition coefficient (Wildman–Crippen LogP) is -0.444. The van der Waals surface area contributed by atoms with Gasteiger partial charge in [0.15, 0.2) is 6.10 Å². The molecule has 7 heteroatoms. The minimum absolute atomic E-state index is 0.0939. The quantitative estimate of drug-likeness (QED) is 0.652. The Labute approximate surface area is 95.9 Å². The van der Waals surface area contributed by atoms with Crippen molar-refractivity contribution in [1.29, 1.82) is 0 Å². The molecule has 16 heavy (non-hydrogen) atoms. The van der Waals surface area contributed by atoms with Gasteiger partial charge in [-0.15, -0.1) is 11.3 Å². The van der Waals surface area contributed by atoms with Crippen LogP contribution in [-0.4, -0.2) is 39.7 Å². The number of hydrogen-bond donors (Lipinski definition) is 3. The molecule has 0 radical (unpaired) electrons. The van der Waals surface area contributed by atoms with Crippen molar-refractivity contribution in [1.82, 2.24) is 10.3 Å². The van der Waals surface area contributed by atoms with Crippen molar-refractivity contribution >= 4 is 23.2 Å². The summed E-state index contributed by atoms with van der Waals surface area (Å²) >= 11 is 1.44. The molecule has 6 nitrogen and oxygen atoms in total. The highest BCUT2D eigenvalue weighted by Crippen LogP contribution is 2.08. The van der Waals surface area contributed by atoms with Crippen LogP contribution in [0, 0.1) is 6.92 Å². The van der Waals surface area contributed by atoms with E-state index < -0.39 is 12.1 Å². The monoisotopic (exact) mass is 244 g/mol. The van der Waals surface area contributed by atoms with E-state index in [1.807, 2.05) is 6.92 Å². The van der Waals surface area contributed by atoms with Crippen molar-refractivity contribution in [3.8, 4) is 0 Å². The van der Waals surface area contributed by atoms with Crippen molar-refractivity contribution in [3.63, 3.8) is 0 Å². The zero-order valence-electron chi connectivity index (χ0n) is 8.64. The first-order valence-corrected chi connectivity index (χ1v) is 5.45. The molecule has 0 fully saturated rings. The average Bonchev–Trinajstić information content (AvgIpc) is 2.60. The zero-order valence-corrected chi connectivity index (χ0v) is 9.45. The molecule has 0 aromatic carbocycles. The number of aliphatic hydroxyl groups is 1. The number of nitrogens with one attached hydrogen (secondary N) is 1. The molecule has 1 aromatic rings. The van der Waals surface area contributed by atoms with E-state index in [0.717, 1.165) is 5.01 Å². The van der Waals surface area contributed by atoms with Crippen LogP contribution < -0.4 is 5.32 Å². The van der Waals surface area contributed by atoms with E-state index in [1.165, 1.54) is 11.3 Å². The Morgan fingerprint density at radius 2 is 2.31 bits per heavy atom. The summed E-state index contributed by atoms with van der Waals surface area (Å²) in [5.41, 5.74) is 0.643. The summed E-state index contributed by atoms with van der Waals surface area (Å²) in [5.74, 6) is -1.71. The van der Waals surface area contributed by atoms with E-state index in [0.29, 0.717) is 5.69 Å². The third-order valence-corrected chi connectivity index (χ3v) is 2.61. The molecule has 1 amide bonds. The van der Waals surface area contributed by atoms with E-state index in [1.54, 1.807) is 5.38 Å². The van der Waals surface area contributed by atoms with Gasteiger partial charge in [-0.05, 0) is 6.92 Å². The Morgan fingerprint density at radius 1 is 1.62 bits per heavy atom. The van der Waals surface area contributed by atoms with Crippen LogP contribution in [0.1, 0.15) is 10.7 Å². The van der Waals surface area contributed by atoms with Crippen LogP contribution in [0.4, 0.5) is 0 Å². The lowest BCUT2D eigenvalue weighted by Crippen LogP contribution is -2.37. The lowest BCUT2D eigenvalue weighted by Gasteiger charge is -2.06. The van der Waals surface area contributed by atoms with Crippen molar-refractivity contribution in [3.05, 3.63) is 16.1 Å². The maximum absolute atomic E-state index is 11.3. The van der Waals surface area contributed by atoms with E-state index in [2.05, 4.69) is 10.3 Å². The van der Waals surface area contributed by atoms with Gasteiger partial charge in [-0.2, -0.15) is 0 Å². The van der Waals surface area contributed by atoms with Gasteiger partial charge in [0.1, 0.15) is 0 Å². The third-order valence-electron chi connectivity index (χ3n) is 1.79. The number of aryl methyl sites for hydroxylation is 1. The summed E-state index contributed by atoms with van der Waals surface area (Å²) in [6.07, 6.45) is -1.47. The molecule has 1 rings (SSSR count). The number of carbonyl (C=O) groups is 2. The highest BCUT2D eigenvalue weighted by Gasteiger charge is 2.14. The number of aliphatic carboxylic acids is 1. The first-order chi connectivity index (χ1) is 7.49. The Bertz CT molecular complexity index is 391. The fraction of sp³-hybridized carbons (Fsp3) is 0.444. The van der Waals surface area contributed by atoms with Crippen LogP contribution in [-0.2, 0) is 16.0 Å². The van der Waals surface area contributed by atoms with Gasteiger partial charge < -0.3 is 15.5 Å². The standard InChI is InChI=1S/C9H12N2O4S/c1-5-11-6(4-16-5)2-8(13)10-3-7(12)9(14)15/h4,7,12H,2-3H2,1H3,(H,10,13)(H,14,15). The van der Waals surface area contributed by atoms with Gasteiger partial charge in [-0.25, -0.2) is 9.78 Å². The molecule has 0 saturated carbocycles. The summed E-state index contributed by atoms with van der Waals surface area (Å²) in [6.45, 7) is 1.54. The average molecular weight is 244 g/mol. The molecule has 0 saturated heterocycles. The van der Waals surface area contributed by atoms with Crippen molar-refractivity contribution in [2.75, 3.05) is 6.54 Å². The summed E-state index contributed by atoms with van der Waals surface area (Å²) in [6, 6.07) is 0. The number of aliphatic hydroxyl groups excluding tert-OH is 1. The second-order valence-electron chi connectivity index (χ2n) is 3.19. The lowest BCUT2D eigenvalue weighted by atomic mass is 10.3. The molecule has 1 aromatic heterocycles. The Morgan fingerprint density at radius 3 is 2.81 bits per heavy atom. The minimum Gasteiger partial charge on any atom is -0.479 e. The van der Waals surface area contributed by atoms with E-state index in [-0.39, 0.29) is 18.9 Å². The number of carbonyl (C=O) groups excluding carboxylic acids is 1. The molecular weight excluding hydrogens is 232 g/mol. The van der Waals surface area contributed by atoms with Crippen LogP contribution in [0.25, 0.3) is 0 Å². The number of carboxylic acid groups (broad SMARTS) is 1. The van der Waals surface area contributed by atoms with Crippen LogP contribution in [0.15, 0.2) is 5.38 Å². The molecule has 1 heterocycles. The molecule has 0 bridgehead atoms. The fourth-order valence-electron chi connectivity index (χ4n) is 1.01. The van der Waals surface area contributed by atoms with E-state index in [9.17, 15) is 9.59 Å². The molecule has 0 aliphatic carbocycles. The SMILES string of the molecule is Cc1nc(CC(=O)NCC(O)C(=O)O)cs1. The smallest absolute Gasteiger partial charge is 0.334 e.